The molecule has 0 bridgehead atoms. The Balaban J connectivity index is 1.76. The van der Waals surface area contributed by atoms with Gasteiger partial charge in [-0.05, 0) is 11.6 Å². The highest BCUT2D eigenvalue weighted by molar-refractivity contribution is 5.89. The van der Waals surface area contributed by atoms with Crippen LogP contribution >= 0.6 is 0 Å². The van der Waals surface area contributed by atoms with Gasteiger partial charge in [0.1, 0.15) is 6.04 Å². The molecule has 1 aromatic heterocycles. The van der Waals surface area contributed by atoms with Crippen LogP contribution < -0.4 is 5.32 Å². The zero-order valence-corrected chi connectivity index (χ0v) is 15.1. The van der Waals surface area contributed by atoms with Crippen LogP contribution in [0.3, 0.4) is 0 Å². The van der Waals surface area contributed by atoms with Crippen LogP contribution in [-0.4, -0.2) is 64.6 Å². The number of amides is 2. The van der Waals surface area contributed by atoms with E-state index in [1.54, 1.807) is 4.90 Å². The van der Waals surface area contributed by atoms with Gasteiger partial charge in [0.2, 0.25) is 11.8 Å². The maximum Gasteiger partial charge on any atom is 0.306 e. The molecule has 2 amide bonds. The first-order valence-electron chi connectivity index (χ1n) is 8.88. The summed E-state index contributed by atoms with van der Waals surface area (Å²) in [6.07, 6.45) is 1.51. The average Bonchev–Trinajstić information content (AvgIpc) is 3.03. The van der Waals surface area contributed by atoms with Crippen molar-refractivity contribution in [1.29, 1.82) is 0 Å². The van der Waals surface area contributed by atoms with Crippen molar-refractivity contribution < 1.29 is 24.2 Å². The molecule has 2 aromatic rings. The summed E-state index contributed by atoms with van der Waals surface area (Å²) in [5.74, 6) is -1.48. The lowest BCUT2D eigenvalue weighted by atomic mass is 10.0. The van der Waals surface area contributed by atoms with E-state index in [0.29, 0.717) is 13.0 Å². The Morgan fingerprint density at radius 1 is 1.37 bits per heavy atom. The molecular weight excluding hydrogens is 350 g/mol. The van der Waals surface area contributed by atoms with Gasteiger partial charge in [0.25, 0.3) is 0 Å². The fourth-order valence-electron chi connectivity index (χ4n) is 3.42. The lowest BCUT2D eigenvalue weighted by Gasteiger charge is -2.34. The number of para-hydroxylation sites is 1. The minimum absolute atomic E-state index is 0.156. The Labute approximate surface area is 156 Å². The number of carbonyl (C=O) groups excluding carboxylic acids is 2. The molecule has 1 aliphatic rings. The predicted molar refractivity (Wildman–Crippen MR) is 98.2 cm³/mol. The molecular formula is C19H23N3O5. The number of ether oxygens (including phenoxy) is 1. The molecule has 0 spiro atoms. The quantitative estimate of drug-likeness (QED) is 0.697. The van der Waals surface area contributed by atoms with Gasteiger partial charge < -0.3 is 25.0 Å². The van der Waals surface area contributed by atoms with E-state index in [4.69, 9.17) is 9.84 Å². The van der Waals surface area contributed by atoms with Crippen molar-refractivity contribution in [3.8, 4) is 0 Å². The number of nitrogens with one attached hydrogen (secondary N) is 2. The standard InChI is InChI=1S/C19H23N3O5/c1-12(23)21-17(8-13-10-20-16-5-3-2-4-15(13)16)19(26)22-6-7-27-14(11-22)9-18(24)25/h2-5,10,14,17,20H,6-9,11H2,1H3,(H,21,23)(H,24,25)/t14-,17-/m0/s1. The van der Waals surface area contributed by atoms with Crippen LogP contribution in [0.1, 0.15) is 18.9 Å². The molecule has 0 unspecified atom stereocenters. The number of benzene rings is 1. The number of aliphatic carboxylic acids is 1. The zero-order chi connectivity index (χ0) is 19.4. The maximum absolute atomic E-state index is 13.0. The molecule has 2 atom stereocenters. The molecule has 3 N–H and O–H groups in total. The van der Waals surface area contributed by atoms with Gasteiger partial charge in [-0.1, -0.05) is 18.2 Å². The molecule has 0 aliphatic carbocycles. The van der Waals surface area contributed by atoms with Gasteiger partial charge >= 0.3 is 5.97 Å². The van der Waals surface area contributed by atoms with Crippen molar-refractivity contribution >= 4 is 28.7 Å². The molecule has 3 rings (SSSR count). The molecule has 8 heteroatoms. The third-order valence-corrected chi connectivity index (χ3v) is 4.63. The summed E-state index contributed by atoms with van der Waals surface area (Å²) in [5.41, 5.74) is 1.91. The SMILES string of the molecule is CC(=O)N[C@@H](Cc1c[nH]c2ccccc12)C(=O)N1CCO[C@@H](CC(=O)O)C1. The van der Waals surface area contributed by atoms with Gasteiger partial charge in [0.05, 0.1) is 19.1 Å². The summed E-state index contributed by atoms with van der Waals surface area (Å²) >= 11 is 0. The van der Waals surface area contributed by atoms with E-state index in [1.807, 2.05) is 30.5 Å². The number of carboxylic acids is 1. The van der Waals surface area contributed by atoms with Crippen LogP contribution in [0.15, 0.2) is 30.5 Å². The average molecular weight is 373 g/mol. The monoisotopic (exact) mass is 373 g/mol. The number of rotatable bonds is 6. The van der Waals surface area contributed by atoms with Crippen LogP contribution in [0.2, 0.25) is 0 Å². The summed E-state index contributed by atoms with van der Waals surface area (Å²) in [7, 11) is 0. The smallest absolute Gasteiger partial charge is 0.306 e. The molecule has 1 saturated heterocycles. The molecule has 0 radical (unpaired) electrons. The van der Waals surface area contributed by atoms with Crippen molar-refractivity contribution in [2.24, 2.45) is 0 Å². The number of morpholine rings is 1. The second kappa shape index (κ2) is 8.22. The molecule has 2 heterocycles. The summed E-state index contributed by atoms with van der Waals surface area (Å²) in [6, 6.07) is 7.05. The Bertz CT molecular complexity index is 847. The molecule has 1 fully saturated rings. The van der Waals surface area contributed by atoms with E-state index >= 15 is 0 Å². The third kappa shape index (κ3) is 4.65. The second-order valence-electron chi connectivity index (χ2n) is 6.69. The third-order valence-electron chi connectivity index (χ3n) is 4.63. The van der Waals surface area contributed by atoms with Crippen molar-refractivity contribution in [2.75, 3.05) is 19.7 Å². The fraction of sp³-hybridized carbons (Fsp3) is 0.421. The minimum Gasteiger partial charge on any atom is -0.481 e. The molecule has 0 saturated carbocycles. The van der Waals surface area contributed by atoms with E-state index in [-0.39, 0.29) is 31.4 Å². The lowest BCUT2D eigenvalue weighted by molar-refractivity contribution is -0.149. The largest absolute Gasteiger partial charge is 0.481 e. The topological polar surface area (TPSA) is 112 Å². The number of H-pyrrole nitrogens is 1. The highest BCUT2D eigenvalue weighted by atomic mass is 16.5. The Morgan fingerprint density at radius 3 is 2.89 bits per heavy atom. The molecule has 1 aliphatic heterocycles. The number of aromatic nitrogens is 1. The molecule has 1 aromatic carbocycles. The normalized spacial score (nSPS) is 18.3. The predicted octanol–water partition coefficient (Wildman–Crippen LogP) is 0.917. The van der Waals surface area contributed by atoms with Crippen molar-refractivity contribution in [1.82, 2.24) is 15.2 Å². The Morgan fingerprint density at radius 2 is 2.15 bits per heavy atom. The molecule has 144 valence electrons. The number of hydrogen-bond acceptors (Lipinski definition) is 4. The minimum atomic E-state index is -0.966. The summed E-state index contributed by atoms with van der Waals surface area (Å²) in [5, 5.41) is 12.7. The zero-order valence-electron chi connectivity index (χ0n) is 15.1. The van der Waals surface area contributed by atoms with E-state index in [9.17, 15) is 14.4 Å². The lowest BCUT2D eigenvalue weighted by Crippen LogP contribution is -2.54. The first-order valence-corrected chi connectivity index (χ1v) is 8.88. The Hall–Kier alpha value is -2.87. The van der Waals surface area contributed by atoms with Gasteiger partial charge in [-0.15, -0.1) is 0 Å². The van der Waals surface area contributed by atoms with Gasteiger partial charge in [0, 0.05) is 43.5 Å². The van der Waals surface area contributed by atoms with Gasteiger partial charge in [0.15, 0.2) is 0 Å². The van der Waals surface area contributed by atoms with E-state index < -0.39 is 18.1 Å². The highest BCUT2D eigenvalue weighted by Gasteiger charge is 2.31. The van der Waals surface area contributed by atoms with Gasteiger partial charge in [-0.2, -0.15) is 0 Å². The number of carbonyl (C=O) groups is 3. The number of fused-ring (bicyclic) bond motifs is 1. The van der Waals surface area contributed by atoms with E-state index in [1.165, 1.54) is 6.92 Å². The van der Waals surface area contributed by atoms with Crippen LogP contribution in [0.25, 0.3) is 10.9 Å². The van der Waals surface area contributed by atoms with Crippen LogP contribution in [0.5, 0.6) is 0 Å². The maximum atomic E-state index is 13.0. The van der Waals surface area contributed by atoms with E-state index in [2.05, 4.69) is 10.3 Å². The van der Waals surface area contributed by atoms with Crippen LogP contribution in [0, 0.1) is 0 Å². The summed E-state index contributed by atoms with van der Waals surface area (Å²) < 4.78 is 5.43. The second-order valence-corrected chi connectivity index (χ2v) is 6.69. The molecule has 27 heavy (non-hydrogen) atoms. The van der Waals surface area contributed by atoms with Gasteiger partial charge in [-0.25, -0.2) is 0 Å². The van der Waals surface area contributed by atoms with Crippen molar-refractivity contribution in [3.05, 3.63) is 36.0 Å². The summed E-state index contributed by atoms with van der Waals surface area (Å²) in [4.78, 5) is 40.3. The highest BCUT2D eigenvalue weighted by Crippen LogP contribution is 2.20. The van der Waals surface area contributed by atoms with Crippen LogP contribution in [0.4, 0.5) is 0 Å². The first-order chi connectivity index (χ1) is 12.9. The van der Waals surface area contributed by atoms with Crippen LogP contribution in [-0.2, 0) is 25.5 Å². The van der Waals surface area contributed by atoms with Gasteiger partial charge in [-0.3, -0.25) is 14.4 Å². The number of nitrogens with zero attached hydrogens (tertiary/aromatic N) is 1. The van der Waals surface area contributed by atoms with Crippen molar-refractivity contribution in [3.63, 3.8) is 0 Å². The number of hydrogen-bond donors (Lipinski definition) is 3. The Kier molecular flexibility index (Phi) is 5.75. The molecule has 8 nitrogen and oxygen atoms in total. The number of carboxylic acid groups (broad SMARTS) is 1. The summed E-state index contributed by atoms with van der Waals surface area (Å²) in [6.45, 7) is 2.24. The van der Waals surface area contributed by atoms with E-state index in [0.717, 1.165) is 16.5 Å². The fourth-order valence-corrected chi connectivity index (χ4v) is 3.42. The first kappa shape index (κ1) is 18.9. The number of aromatic amines is 1. The van der Waals surface area contributed by atoms with Crippen molar-refractivity contribution in [2.45, 2.75) is 31.9 Å².